The summed E-state index contributed by atoms with van der Waals surface area (Å²) in [7, 11) is 0. The van der Waals surface area contributed by atoms with Gasteiger partial charge in [0.1, 0.15) is 0 Å². The number of imide groups is 1. The number of aryl methyl sites for hydroxylation is 1. The Labute approximate surface area is 222 Å². The minimum Gasteiger partial charge on any atom is -0.340 e. The summed E-state index contributed by atoms with van der Waals surface area (Å²) in [5.41, 5.74) is 4.99. The minimum atomic E-state index is -0.159. The van der Waals surface area contributed by atoms with Gasteiger partial charge in [-0.25, -0.2) is 0 Å². The fourth-order valence-corrected chi connectivity index (χ4v) is 6.63. The first-order chi connectivity index (χ1) is 18.1. The van der Waals surface area contributed by atoms with Crippen LogP contribution in [0.1, 0.15) is 32.7 Å². The van der Waals surface area contributed by atoms with Gasteiger partial charge < -0.3 is 9.80 Å². The van der Waals surface area contributed by atoms with Crippen molar-refractivity contribution < 1.29 is 9.59 Å². The van der Waals surface area contributed by atoms with Crippen LogP contribution in [0.4, 0.5) is 11.4 Å². The van der Waals surface area contributed by atoms with E-state index in [1.807, 2.05) is 23.9 Å². The molecule has 0 unspecified atom stereocenters. The molecular weight excluding hydrogens is 480 g/mol. The molecule has 6 rings (SSSR count). The van der Waals surface area contributed by atoms with Gasteiger partial charge in [0.25, 0.3) is 11.8 Å². The molecule has 0 saturated carbocycles. The second-order valence-corrected chi connectivity index (χ2v) is 11.1. The van der Waals surface area contributed by atoms with Gasteiger partial charge in [0, 0.05) is 55.6 Å². The molecule has 3 aromatic rings. The lowest BCUT2D eigenvalue weighted by atomic mass is 10.1. The SMILES string of the molecule is Cc1ccc2c(c1)N(CCCN1CCN(CCN3C(=O)c4ccccc4C3=O)CC1)c1ccccc1S2. The Morgan fingerprint density at radius 1 is 0.649 bits per heavy atom. The molecule has 0 radical (unpaired) electrons. The largest absolute Gasteiger partial charge is 0.340 e. The fourth-order valence-electron chi connectivity index (χ4n) is 5.55. The Balaban J connectivity index is 0.996. The van der Waals surface area contributed by atoms with E-state index in [4.69, 9.17) is 0 Å². The first-order valence-electron chi connectivity index (χ1n) is 13.1. The molecule has 0 spiro atoms. The van der Waals surface area contributed by atoms with E-state index in [-0.39, 0.29) is 11.8 Å². The van der Waals surface area contributed by atoms with E-state index in [2.05, 4.69) is 64.1 Å². The third kappa shape index (κ3) is 4.79. The van der Waals surface area contributed by atoms with E-state index in [0.29, 0.717) is 17.7 Å². The molecule has 0 aliphatic carbocycles. The van der Waals surface area contributed by atoms with Crippen LogP contribution in [-0.4, -0.2) is 78.9 Å². The van der Waals surface area contributed by atoms with Gasteiger partial charge >= 0.3 is 0 Å². The molecule has 7 heteroatoms. The van der Waals surface area contributed by atoms with Crippen molar-refractivity contribution in [1.82, 2.24) is 14.7 Å². The molecular formula is C30H32N4O2S. The molecule has 3 heterocycles. The molecule has 2 amide bonds. The molecule has 190 valence electrons. The zero-order valence-electron chi connectivity index (χ0n) is 21.2. The van der Waals surface area contributed by atoms with Crippen LogP contribution in [0.15, 0.2) is 76.5 Å². The number of carbonyl (C=O) groups excluding carboxylic acids is 2. The molecule has 1 fully saturated rings. The summed E-state index contributed by atoms with van der Waals surface area (Å²) in [6.45, 7) is 9.39. The van der Waals surface area contributed by atoms with Crippen molar-refractivity contribution in [2.24, 2.45) is 0 Å². The third-order valence-corrected chi connectivity index (χ3v) is 8.75. The average molecular weight is 513 g/mol. The summed E-state index contributed by atoms with van der Waals surface area (Å²) in [6.07, 6.45) is 1.10. The first-order valence-corrected chi connectivity index (χ1v) is 13.9. The molecule has 0 atom stereocenters. The lowest BCUT2D eigenvalue weighted by Gasteiger charge is -2.36. The second kappa shape index (κ2) is 10.3. The number of benzene rings is 3. The number of nitrogens with zero attached hydrogens (tertiary/aromatic N) is 4. The monoisotopic (exact) mass is 512 g/mol. The summed E-state index contributed by atoms with van der Waals surface area (Å²) in [5.74, 6) is -0.317. The highest BCUT2D eigenvalue weighted by molar-refractivity contribution is 7.99. The lowest BCUT2D eigenvalue weighted by molar-refractivity contribution is 0.0615. The van der Waals surface area contributed by atoms with Crippen molar-refractivity contribution >= 4 is 35.0 Å². The number of amides is 2. The summed E-state index contributed by atoms with van der Waals surface area (Å²) in [5, 5.41) is 0. The molecule has 3 aliphatic heterocycles. The number of fused-ring (bicyclic) bond motifs is 3. The van der Waals surface area contributed by atoms with Crippen LogP contribution in [0.25, 0.3) is 0 Å². The maximum absolute atomic E-state index is 12.6. The average Bonchev–Trinajstić information content (AvgIpc) is 3.17. The maximum Gasteiger partial charge on any atom is 0.261 e. The Morgan fingerprint density at radius 2 is 1.27 bits per heavy atom. The van der Waals surface area contributed by atoms with Gasteiger partial charge in [0.2, 0.25) is 0 Å². The van der Waals surface area contributed by atoms with Gasteiger partial charge in [-0.1, -0.05) is 42.1 Å². The van der Waals surface area contributed by atoms with Crippen LogP contribution in [0, 0.1) is 6.92 Å². The minimum absolute atomic E-state index is 0.159. The normalized spacial score (nSPS) is 17.6. The number of hydrogen-bond donors (Lipinski definition) is 0. The standard InChI is InChI=1S/C30H32N4O2S/c1-22-11-12-28-26(21-22)33(25-9-4-5-10-27(25)37-28)14-6-13-31-15-17-32(18-16-31)19-20-34-29(35)23-7-2-3-8-24(23)30(34)36/h2-5,7-12,21H,6,13-20H2,1H3. The van der Waals surface area contributed by atoms with E-state index in [1.165, 1.54) is 31.6 Å². The van der Waals surface area contributed by atoms with Crippen molar-refractivity contribution in [1.29, 1.82) is 0 Å². The summed E-state index contributed by atoms with van der Waals surface area (Å²) < 4.78 is 0. The summed E-state index contributed by atoms with van der Waals surface area (Å²) in [6, 6.07) is 22.6. The Morgan fingerprint density at radius 3 is 2.00 bits per heavy atom. The maximum atomic E-state index is 12.6. The third-order valence-electron chi connectivity index (χ3n) is 7.62. The van der Waals surface area contributed by atoms with Crippen LogP contribution in [-0.2, 0) is 0 Å². The number of para-hydroxylation sites is 1. The van der Waals surface area contributed by atoms with Gasteiger partial charge in [0.15, 0.2) is 0 Å². The van der Waals surface area contributed by atoms with E-state index in [0.717, 1.165) is 52.2 Å². The molecule has 0 N–H and O–H groups in total. The molecule has 6 nitrogen and oxygen atoms in total. The summed E-state index contributed by atoms with van der Waals surface area (Å²) >= 11 is 1.86. The molecule has 0 bridgehead atoms. The van der Waals surface area contributed by atoms with Crippen LogP contribution in [0.3, 0.4) is 0 Å². The highest BCUT2D eigenvalue weighted by atomic mass is 32.2. The summed E-state index contributed by atoms with van der Waals surface area (Å²) in [4.78, 5) is 36.7. The van der Waals surface area contributed by atoms with Gasteiger partial charge in [-0.3, -0.25) is 19.4 Å². The van der Waals surface area contributed by atoms with Crippen LogP contribution >= 0.6 is 11.8 Å². The Bertz CT molecular complexity index is 1300. The zero-order chi connectivity index (χ0) is 25.4. The van der Waals surface area contributed by atoms with Gasteiger partial charge in [-0.15, -0.1) is 0 Å². The Hall–Kier alpha value is -3.13. The van der Waals surface area contributed by atoms with Crippen LogP contribution < -0.4 is 4.90 Å². The van der Waals surface area contributed by atoms with E-state index < -0.39 is 0 Å². The van der Waals surface area contributed by atoms with Crippen molar-refractivity contribution in [3.05, 3.63) is 83.4 Å². The van der Waals surface area contributed by atoms with E-state index >= 15 is 0 Å². The van der Waals surface area contributed by atoms with Crippen LogP contribution in [0.2, 0.25) is 0 Å². The number of piperazine rings is 1. The lowest BCUT2D eigenvalue weighted by Crippen LogP contribution is -2.49. The number of hydrogen-bond acceptors (Lipinski definition) is 6. The quantitative estimate of drug-likeness (QED) is 0.420. The van der Waals surface area contributed by atoms with Crippen molar-refractivity contribution in [2.45, 2.75) is 23.1 Å². The van der Waals surface area contributed by atoms with Crippen molar-refractivity contribution in [3.63, 3.8) is 0 Å². The number of carbonyl (C=O) groups is 2. The van der Waals surface area contributed by atoms with Crippen molar-refractivity contribution in [2.75, 3.05) is 57.3 Å². The predicted octanol–water partition coefficient (Wildman–Crippen LogP) is 4.90. The zero-order valence-corrected chi connectivity index (χ0v) is 22.0. The van der Waals surface area contributed by atoms with E-state index in [9.17, 15) is 9.59 Å². The molecule has 1 saturated heterocycles. The topological polar surface area (TPSA) is 47.1 Å². The molecule has 0 aromatic heterocycles. The fraction of sp³-hybridized carbons (Fsp3) is 0.333. The highest BCUT2D eigenvalue weighted by Crippen LogP contribution is 2.48. The predicted molar refractivity (Wildman–Crippen MR) is 148 cm³/mol. The van der Waals surface area contributed by atoms with Crippen molar-refractivity contribution in [3.8, 4) is 0 Å². The van der Waals surface area contributed by atoms with Gasteiger partial charge in [-0.2, -0.15) is 0 Å². The smallest absolute Gasteiger partial charge is 0.261 e. The molecule has 37 heavy (non-hydrogen) atoms. The van der Waals surface area contributed by atoms with Gasteiger partial charge in [-0.05, 0) is 61.9 Å². The van der Waals surface area contributed by atoms with Crippen LogP contribution in [0.5, 0.6) is 0 Å². The Kier molecular flexibility index (Phi) is 6.76. The first kappa shape index (κ1) is 24.2. The molecule has 3 aromatic carbocycles. The van der Waals surface area contributed by atoms with Gasteiger partial charge in [0.05, 0.1) is 22.5 Å². The van der Waals surface area contributed by atoms with E-state index in [1.54, 1.807) is 12.1 Å². The number of anilines is 2. The number of rotatable bonds is 7. The highest BCUT2D eigenvalue weighted by Gasteiger charge is 2.35. The molecule has 3 aliphatic rings. The second-order valence-electron chi connectivity index (χ2n) is 10.0.